The first-order valence-electron chi connectivity index (χ1n) is 4.48. The lowest BCUT2D eigenvalue weighted by molar-refractivity contribution is 0.0949. The summed E-state index contributed by atoms with van der Waals surface area (Å²) in [5.74, 6) is 0.628. The molecule has 13 heavy (non-hydrogen) atoms. The van der Waals surface area contributed by atoms with Gasteiger partial charge in [-0.3, -0.25) is 9.78 Å². The molecule has 2 rings (SSSR count). The number of nitrogens with zero attached hydrogens (tertiary/aromatic N) is 1. The standard InChI is InChI=1S/C10H12N2O/c1-7-5-9(7)12-10(13)8-3-2-4-11-6-8/h2-4,6-7,9H,5H2,1H3,(H,12,13). The Hall–Kier alpha value is -1.38. The Balaban J connectivity index is 1.98. The van der Waals surface area contributed by atoms with E-state index in [9.17, 15) is 4.79 Å². The molecule has 2 atom stereocenters. The van der Waals surface area contributed by atoms with Crippen LogP contribution in [0, 0.1) is 5.92 Å². The molecule has 3 heteroatoms. The average Bonchev–Trinajstić information content (AvgIpc) is 2.83. The molecule has 1 fully saturated rings. The Kier molecular flexibility index (Phi) is 2.00. The molecule has 1 saturated carbocycles. The van der Waals surface area contributed by atoms with Crippen molar-refractivity contribution < 1.29 is 4.79 Å². The molecular formula is C10H12N2O. The second-order valence-corrected chi connectivity index (χ2v) is 3.53. The highest BCUT2D eigenvalue weighted by Gasteiger charge is 2.33. The van der Waals surface area contributed by atoms with E-state index in [0.29, 0.717) is 17.5 Å². The van der Waals surface area contributed by atoms with Gasteiger partial charge >= 0.3 is 0 Å². The Morgan fingerprint density at radius 1 is 1.69 bits per heavy atom. The van der Waals surface area contributed by atoms with Crippen molar-refractivity contribution in [2.24, 2.45) is 5.92 Å². The monoisotopic (exact) mass is 176 g/mol. The van der Waals surface area contributed by atoms with Gasteiger partial charge in [0.25, 0.3) is 5.91 Å². The number of carbonyl (C=O) groups is 1. The Morgan fingerprint density at radius 2 is 2.46 bits per heavy atom. The highest BCUT2D eigenvalue weighted by molar-refractivity contribution is 5.94. The van der Waals surface area contributed by atoms with Gasteiger partial charge in [0.05, 0.1) is 5.56 Å². The van der Waals surface area contributed by atoms with Gasteiger partial charge < -0.3 is 5.32 Å². The highest BCUT2D eigenvalue weighted by atomic mass is 16.1. The minimum atomic E-state index is -0.0116. The van der Waals surface area contributed by atoms with Crippen LogP contribution in [0.3, 0.4) is 0 Å². The Labute approximate surface area is 77.2 Å². The van der Waals surface area contributed by atoms with Gasteiger partial charge in [0, 0.05) is 18.4 Å². The fraction of sp³-hybridized carbons (Fsp3) is 0.400. The van der Waals surface area contributed by atoms with Crippen molar-refractivity contribution in [3.8, 4) is 0 Å². The lowest BCUT2D eigenvalue weighted by atomic mass is 10.2. The summed E-state index contributed by atoms with van der Waals surface area (Å²) >= 11 is 0. The maximum atomic E-state index is 11.5. The third kappa shape index (κ3) is 1.86. The molecule has 1 heterocycles. The van der Waals surface area contributed by atoms with Crippen LogP contribution < -0.4 is 5.32 Å². The van der Waals surface area contributed by atoms with E-state index in [-0.39, 0.29) is 5.91 Å². The van der Waals surface area contributed by atoms with Crippen LogP contribution in [0.25, 0.3) is 0 Å². The lowest BCUT2D eigenvalue weighted by Gasteiger charge is -2.01. The van der Waals surface area contributed by atoms with Crippen LogP contribution in [0.5, 0.6) is 0 Å². The molecule has 1 aromatic heterocycles. The smallest absolute Gasteiger partial charge is 0.253 e. The number of hydrogen-bond donors (Lipinski definition) is 1. The number of carbonyl (C=O) groups excluding carboxylic acids is 1. The van der Waals surface area contributed by atoms with Crippen molar-refractivity contribution in [2.45, 2.75) is 19.4 Å². The fourth-order valence-corrected chi connectivity index (χ4v) is 1.27. The predicted molar refractivity (Wildman–Crippen MR) is 49.3 cm³/mol. The molecular weight excluding hydrogens is 164 g/mol. The molecule has 0 spiro atoms. The molecule has 0 bridgehead atoms. The number of nitrogens with one attached hydrogen (secondary N) is 1. The van der Waals surface area contributed by atoms with Crippen LogP contribution in [-0.4, -0.2) is 16.9 Å². The lowest BCUT2D eigenvalue weighted by Crippen LogP contribution is -2.26. The topological polar surface area (TPSA) is 42.0 Å². The summed E-state index contributed by atoms with van der Waals surface area (Å²) < 4.78 is 0. The molecule has 1 aliphatic carbocycles. The number of amides is 1. The van der Waals surface area contributed by atoms with Crippen molar-refractivity contribution in [1.82, 2.24) is 10.3 Å². The summed E-state index contributed by atoms with van der Waals surface area (Å²) in [7, 11) is 0. The summed E-state index contributed by atoms with van der Waals surface area (Å²) in [4.78, 5) is 15.4. The van der Waals surface area contributed by atoms with Gasteiger partial charge in [0.2, 0.25) is 0 Å². The second kappa shape index (κ2) is 3.17. The molecule has 1 aliphatic rings. The fourth-order valence-electron chi connectivity index (χ4n) is 1.27. The molecule has 0 aromatic carbocycles. The van der Waals surface area contributed by atoms with E-state index < -0.39 is 0 Å². The van der Waals surface area contributed by atoms with E-state index in [1.807, 2.05) is 0 Å². The SMILES string of the molecule is CC1CC1NC(=O)c1cccnc1. The largest absolute Gasteiger partial charge is 0.349 e. The molecule has 2 unspecified atom stereocenters. The van der Waals surface area contributed by atoms with Crippen molar-refractivity contribution >= 4 is 5.91 Å². The maximum absolute atomic E-state index is 11.5. The van der Waals surface area contributed by atoms with E-state index in [4.69, 9.17) is 0 Å². The van der Waals surface area contributed by atoms with Crippen molar-refractivity contribution in [1.29, 1.82) is 0 Å². The molecule has 3 nitrogen and oxygen atoms in total. The van der Waals surface area contributed by atoms with Crippen LogP contribution in [0.2, 0.25) is 0 Å². The van der Waals surface area contributed by atoms with Gasteiger partial charge in [-0.05, 0) is 24.5 Å². The first-order valence-corrected chi connectivity index (χ1v) is 4.48. The van der Waals surface area contributed by atoms with Crippen molar-refractivity contribution in [3.63, 3.8) is 0 Å². The second-order valence-electron chi connectivity index (χ2n) is 3.53. The first kappa shape index (κ1) is 8.23. The molecule has 0 saturated heterocycles. The third-order valence-electron chi connectivity index (χ3n) is 2.35. The summed E-state index contributed by atoms with van der Waals surface area (Å²) in [6, 6.07) is 3.92. The molecule has 68 valence electrons. The number of pyridine rings is 1. The van der Waals surface area contributed by atoms with E-state index in [1.165, 1.54) is 0 Å². The summed E-state index contributed by atoms with van der Waals surface area (Å²) in [6.45, 7) is 2.13. The van der Waals surface area contributed by atoms with E-state index in [2.05, 4.69) is 17.2 Å². The third-order valence-corrected chi connectivity index (χ3v) is 2.35. The number of rotatable bonds is 2. The zero-order chi connectivity index (χ0) is 9.26. The van der Waals surface area contributed by atoms with Gasteiger partial charge in [-0.1, -0.05) is 6.92 Å². The number of aromatic nitrogens is 1. The zero-order valence-corrected chi connectivity index (χ0v) is 7.53. The van der Waals surface area contributed by atoms with Gasteiger partial charge in [-0.15, -0.1) is 0 Å². The van der Waals surface area contributed by atoms with Gasteiger partial charge in [-0.25, -0.2) is 0 Å². The molecule has 0 radical (unpaired) electrons. The van der Waals surface area contributed by atoms with E-state index >= 15 is 0 Å². The van der Waals surface area contributed by atoms with Crippen molar-refractivity contribution in [3.05, 3.63) is 30.1 Å². The van der Waals surface area contributed by atoms with Crippen LogP contribution in [-0.2, 0) is 0 Å². The van der Waals surface area contributed by atoms with E-state index in [1.54, 1.807) is 24.5 Å². The van der Waals surface area contributed by atoms with Gasteiger partial charge in [-0.2, -0.15) is 0 Å². The Bertz CT molecular complexity index is 310. The van der Waals surface area contributed by atoms with Crippen LogP contribution >= 0.6 is 0 Å². The average molecular weight is 176 g/mol. The van der Waals surface area contributed by atoms with Crippen LogP contribution in [0.1, 0.15) is 23.7 Å². The summed E-state index contributed by atoms with van der Waals surface area (Å²) in [6.07, 6.45) is 4.35. The highest BCUT2D eigenvalue weighted by Crippen LogP contribution is 2.29. The molecule has 1 amide bonds. The predicted octanol–water partition coefficient (Wildman–Crippen LogP) is 1.22. The van der Waals surface area contributed by atoms with Crippen LogP contribution in [0.4, 0.5) is 0 Å². The van der Waals surface area contributed by atoms with E-state index in [0.717, 1.165) is 6.42 Å². The zero-order valence-electron chi connectivity index (χ0n) is 7.53. The number of hydrogen-bond acceptors (Lipinski definition) is 2. The normalized spacial score (nSPS) is 25.3. The minimum Gasteiger partial charge on any atom is -0.349 e. The first-order chi connectivity index (χ1) is 6.27. The van der Waals surface area contributed by atoms with Gasteiger partial charge in [0.15, 0.2) is 0 Å². The molecule has 0 aliphatic heterocycles. The van der Waals surface area contributed by atoms with Crippen LogP contribution in [0.15, 0.2) is 24.5 Å². The summed E-state index contributed by atoms with van der Waals surface area (Å²) in [5.41, 5.74) is 0.640. The Morgan fingerprint density at radius 3 is 3.00 bits per heavy atom. The minimum absolute atomic E-state index is 0.0116. The van der Waals surface area contributed by atoms with Crippen molar-refractivity contribution in [2.75, 3.05) is 0 Å². The molecule has 1 aromatic rings. The molecule has 1 N–H and O–H groups in total. The quantitative estimate of drug-likeness (QED) is 0.736. The van der Waals surface area contributed by atoms with Gasteiger partial charge in [0.1, 0.15) is 0 Å². The maximum Gasteiger partial charge on any atom is 0.253 e. The summed E-state index contributed by atoms with van der Waals surface area (Å²) in [5, 5.41) is 2.94.